The van der Waals surface area contributed by atoms with Crippen LogP contribution < -0.4 is 4.74 Å². The number of thiophene rings is 1. The van der Waals surface area contributed by atoms with Crippen molar-refractivity contribution in [1.82, 2.24) is 4.98 Å². The van der Waals surface area contributed by atoms with E-state index in [1.165, 1.54) is 11.3 Å². The van der Waals surface area contributed by atoms with Gasteiger partial charge in [0, 0.05) is 11.1 Å². The van der Waals surface area contributed by atoms with Crippen LogP contribution in [0.3, 0.4) is 0 Å². The van der Waals surface area contributed by atoms with Gasteiger partial charge in [0.1, 0.15) is 5.52 Å². The fraction of sp³-hybridized carbons (Fsp3) is 0.0667. The number of fused-ring (bicyclic) bond motifs is 1. The molecule has 0 radical (unpaired) electrons. The average molecular weight is 269 g/mol. The van der Waals surface area contributed by atoms with Crippen molar-refractivity contribution in [3.63, 3.8) is 0 Å². The van der Waals surface area contributed by atoms with Crippen molar-refractivity contribution >= 4 is 28.5 Å². The maximum Gasteiger partial charge on any atom is 0.181 e. The molecule has 2 heterocycles. The number of aldehydes is 1. The first-order valence-corrected chi connectivity index (χ1v) is 6.67. The Labute approximate surface area is 114 Å². The molecule has 0 fully saturated rings. The highest BCUT2D eigenvalue weighted by Gasteiger charge is 2.07. The van der Waals surface area contributed by atoms with E-state index in [1.54, 1.807) is 12.1 Å². The van der Waals surface area contributed by atoms with Gasteiger partial charge in [0.2, 0.25) is 0 Å². The lowest BCUT2D eigenvalue weighted by Crippen LogP contribution is -1.88. The smallest absolute Gasteiger partial charge is 0.181 e. The van der Waals surface area contributed by atoms with Gasteiger partial charge in [-0.3, -0.25) is 4.79 Å². The molecule has 0 saturated heterocycles. The first kappa shape index (κ1) is 11.9. The highest BCUT2D eigenvalue weighted by molar-refractivity contribution is 7.15. The molecule has 3 nitrogen and oxygen atoms in total. The van der Waals surface area contributed by atoms with Crippen LogP contribution in [0.4, 0.5) is 0 Å². The summed E-state index contributed by atoms with van der Waals surface area (Å²) in [5.74, 6) is 0.709. The minimum atomic E-state index is 0.652. The van der Waals surface area contributed by atoms with E-state index in [9.17, 15) is 4.79 Å². The maximum absolute atomic E-state index is 10.7. The number of para-hydroxylation sites is 1. The molecule has 0 amide bonds. The molecule has 0 unspecified atom stereocenters. The third kappa shape index (κ3) is 2.35. The minimum Gasteiger partial charge on any atom is -0.444 e. The van der Waals surface area contributed by atoms with Gasteiger partial charge in [-0.05, 0) is 31.2 Å². The van der Waals surface area contributed by atoms with Crippen LogP contribution in [0.15, 0.2) is 42.5 Å². The number of hydrogen-bond acceptors (Lipinski definition) is 4. The van der Waals surface area contributed by atoms with Crippen LogP contribution in [0, 0.1) is 6.92 Å². The standard InChI is InChI=1S/C15H11NO2S/c1-10-5-6-11-3-2-4-13(15(11)16-10)18-14-8-7-12(9-17)19-14/h2-9H,1H3. The predicted octanol–water partition coefficient (Wildman–Crippen LogP) is 4.21. The van der Waals surface area contributed by atoms with E-state index in [2.05, 4.69) is 4.98 Å². The summed E-state index contributed by atoms with van der Waals surface area (Å²) in [6.07, 6.45) is 0.822. The van der Waals surface area contributed by atoms with E-state index in [4.69, 9.17) is 4.74 Å². The van der Waals surface area contributed by atoms with Crippen molar-refractivity contribution in [2.24, 2.45) is 0 Å². The molecule has 19 heavy (non-hydrogen) atoms. The summed E-state index contributed by atoms with van der Waals surface area (Å²) in [7, 11) is 0. The van der Waals surface area contributed by atoms with Gasteiger partial charge >= 0.3 is 0 Å². The van der Waals surface area contributed by atoms with Gasteiger partial charge in [0.05, 0.1) is 4.88 Å². The number of pyridine rings is 1. The van der Waals surface area contributed by atoms with Crippen LogP contribution in [-0.4, -0.2) is 11.3 Å². The molecular weight excluding hydrogens is 258 g/mol. The molecule has 2 aromatic heterocycles. The number of nitrogens with zero attached hydrogens (tertiary/aromatic N) is 1. The minimum absolute atomic E-state index is 0.652. The Kier molecular flexibility index (Phi) is 3.01. The summed E-state index contributed by atoms with van der Waals surface area (Å²) in [5.41, 5.74) is 1.78. The summed E-state index contributed by atoms with van der Waals surface area (Å²) >= 11 is 1.32. The summed E-state index contributed by atoms with van der Waals surface area (Å²) in [5, 5.41) is 1.73. The Morgan fingerprint density at radius 2 is 2.05 bits per heavy atom. The SMILES string of the molecule is Cc1ccc2cccc(Oc3ccc(C=O)s3)c2n1. The van der Waals surface area contributed by atoms with Crippen molar-refractivity contribution in [2.75, 3.05) is 0 Å². The number of ether oxygens (including phenoxy) is 1. The van der Waals surface area contributed by atoms with Gasteiger partial charge < -0.3 is 4.74 Å². The molecule has 0 atom stereocenters. The maximum atomic E-state index is 10.7. The molecule has 0 aliphatic rings. The first-order valence-electron chi connectivity index (χ1n) is 5.85. The van der Waals surface area contributed by atoms with E-state index in [0.29, 0.717) is 15.7 Å². The Balaban J connectivity index is 2.04. The zero-order valence-electron chi connectivity index (χ0n) is 10.3. The number of hydrogen-bond donors (Lipinski definition) is 0. The van der Waals surface area contributed by atoms with E-state index in [0.717, 1.165) is 22.9 Å². The van der Waals surface area contributed by atoms with Crippen molar-refractivity contribution in [2.45, 2.75) is 6.92 Å². The lowest BCUT2D eigenvalue weighted by Gasteiger charge is -2.06. The van der Waals surface area contributed by atoms with Crippen molar-refractivity contribution in [3.05, 3.63) is 53.0 Å². The van der Waals surface area contributed by atoms with Crippen LogP contribution >= 0.6 is 11.3 Å². The molecule has 0 aliphatic heterocycles. The monoisotopic (exact) mass is 269 g/mol. The zero-order valence-corrected chi connectivity index (χ0v) is 11.1. The van der Waals surface area contributed by atoms with Crippen LogP contribution in [-0.2, 0) is 0 Å². The Bertz CT molecular complexity index is 749. The summed E-state index contributed by atoms with van der Waals surface area (Å²) in [6, 6.07) is 13.4. The zero-order chi connectivity index (χ0) is 13.2. The molecule has 0 N–H and O–H groups in total. The van der Waals surface area contributed by atoms with Gasteiger partial charge in [-0.15, -0.1) is 0 Å². The second-order valence-electron chi connectivity index (χ2n) is 4.16. The number of aryl methyl sites for hydroxylation is 1. The molecule has 0 aliphatic carbocycles. The summed E-state index contributed by atoms with van der Waals surface area (Å²) in [6.45, 7) is 1.95. The number of benzene rings is 1. The fourth-order valence-corrected chi connectivity index (χ4v) is 2.54. The first-order chi connectivity index (χ1) is 9.26. The van der Waals surface area contributed by atoms with Gasteiger partial charge in [0.15, 0.2) is 17.1 Å². The summed E-state index contributed by atoms with van der Waals surface area (Å²) in [4.78, 5) is 15.8. The fourth-order valence-electron chi connectivity index (χ4n) is 1.86. The van der Waals surface area contributed by atoms with Gasteiger partial charge in [-0.25, -0.2) is 4.98 Å². The number of carbonyl (C=O) groups excluding carboxylic acids is 1. The van der Waals surface area contributed by atoms with Crippen LogP contribution in [0.2, 0.25) is 0 Å². The van der Waals surface area contributed by atoms with Crippen molar-refractivity contribution in [3.8, 4) is 10.8 Å². The van der Waals surface area contributed by atoms with Crippen molar-refractivity contribution in [1.29, 1.82) is 0 Å². The highest BCUT2D eigenvalue weighted by atomic mass is 32.1. The highest BCUT2D eigenvalue weighted by Crippen LogP contribution is 2.32. The molecule has 94 valence electrons. The quantitative estimate of drug-likeness (QED) is 0.669. The molecule has 4 heteroatoms. The van der Waals surface area contributed by atoms with Crippen LogP contribution in [0.1, 0.15) is 15.4 Å². The summed E-state index contributed by atoms with van der Waals surface area (Å²) < 4.78 is 5.83. The predicted molar refractivity (Wildman–Crippen MR) is 76.3 cm³/mol. The Hall–Kier alpha value is -2.20. The normalized spacial score (nSPS) is 10.6. The number of carbonyl (C=O) groups is 1. The molecule has 3 aromatic rings. The topological polar surface area (TPSA) is 39.2 Å². The molecule has 3 rings (SSSR count). The van der Waals surface area contributed by atoms with E-state index in [-0.39, 0.29) is 0 Å². The van der Waals surface area contributed by atoms with Gasteiger partial charge in [-0.1, -0.05) is 29.5 Å². The molecule has 0 spiro atoms. The third-order valence-corrected chi connectivity index (χ3v) is 3.64. The van der Waals surface area contributed by atoms with Gasteiger partial charge in [0.25, 0.3) is 0 Å². The molecular formula is C15H11NO2S. The lowest BCUT2D eigenvalue weighted by atomic mass is 10.2. The average Bonchev–Trinajstić information content (AvgIpc) is 2.87. The second-order valence-corrected chi connectivity index (χ2v) is 5.24. The lowest BCUT2D eigenvalue weighted by molar-refractivity contribution is 0.112. The van der Waals surface area contributed by atoms with E-state index >= 15 is 0 Å². The second kappa shape index (κ2) is 4.82. The van der Waals surface area contributed by atoms with Crippen LogP contribution in [0.5, 0.6) is 10.8 Å². The number of rotatable bonds is 3. The molecule has 0 saturated carbocycles. The van der Waals surface area contributed by atoms with E-state index in [1.807, 2.05) is 37.3 Å². The van der Waals surface area contributed by atoms with E-state index < -0.39 is 0 Å². The molecule has 0 bridgehead atoms. The van der Waals surface area contributed by atoms with Crippen molar-refractivity contribution < 1.29 is 9.53 Å². The largest absolute Gasteiger partial charge is 0.444 e. The third-order valence-electron chi connectivity index (χ3n) is 2.75. The van der Waals surface area contributed by atoms with Gasteiger partial charge in [-0.2, -0.15) is 0 Å². The van der Waals surface area contributed by atoms with Crippen LogP contribution in [0.25, 0.3) is 10.9 Å². The Morgan fingerprint density at radius 3 is 2.84 bits per heavy atom. The molecule has 1 aromatic carbocycles. The Morgan fingerprint density at radius 1 is 1.16 bits per heavy atom. The number of aromatic nitrogens is 1.